The molecule has 6 nitrogen and oxygen atoms in total. The van der Waals surface area contributed by atoms with E-state index < -0.39 is 11.7 Å². The average Bonchev–Trinajstić information content (AvgIpc) is 3.09. The van der Waals surface area contributed by atoms with Gasteiger partial charge in [0.1, 0.15) is 12.2 Å². The van der Waals surface area contributed by atoms with Gasteiger partial charge in [-0.3, -0.25) is 0 Å². The van der Waals surface area contributed by atoms with Gasteiger partial charge in [-0.25, -0.2) is 9.59 Å². The number of benzene rings is 1. The molecule has 3 rings (SSSR count). The summed E-state index contributed by atoms with van der Waals surface area (Å²) >= 11 is 0. The molecule has 2 bridgehead atoms. The Kier molecular flexibility index (Phi) is 4.88. The van der Waals surface area contributed by atoms with Gasteiger partial charge in [-0.05, 0) is 45.6 Å². The molecule has 25 heavy (non-hydrogen) atoms. The molecule has 2 saturated heterocycles. The number of hydrogen-bond acceptors (Lipinski definition) is 4. The number of ether oxygens (including phenoxy) is 2. The van der Waals surface area contributed by atoms with Crippen LogP contribution in [-0.4, -0.2) is 40.8 Å². The first kappa shape index (κ1) is 17.6. The number of nitrogens with zero attached hydrogens (tertiary/aromatic N) is 1. The Balaban J connectivity index is 1.55. The molecule has 2 amide bonds. The summed E-state index contributed by atoms with van der Waals surface area (Å²) in [6, 6.07) is 9.68. The lowest BCUT2D eigenvalue weighted by molar-refractivity contribution is 0.0485. The highest BCUT2D eigenvalue weighted by atomic mass is 16.6. The summed E-state index contributed by atoms with van der Waals surface area (Å²) in [5, 5.41) is 2.91. The molecule has 0 saturated carbocycles. The molecule has 2 aliphatic rings. The van der Waals surface area contributed by atoms with Crippen LogP contribution in [0.25, 0.3) is 0 Å². The predicted octanol–water partition coefficient (Wildman–Crippen LogP) is 3.45. The summed E-state index contributed by atoms with van der Waals surface area (Å²) in [5.74, 6) is 0. The molecule has 0 aliphatic carbocycles. The van der Waals surface area contributed by atoms with Crippen LogP contribution in [0.15, 0.2) is 30.3 Å². The molecule has 0 unspecified atom stereocenters. The van der Waals surface area contributed by atoms with Gasteiger partial charge in [-0.2, -0.15) is 0 Å². The van der Waals surface area contributed by atoms with Crippen LogP contribution < -0.4 is 5.32 Å². The highest BCUT2D eigenvalue weighted by Gasteiger charge is 2.50. The van der Waals surface area contributed by atoms with E-state index in [1.807, 2.05) is 51.1 Å². The molecule has 2 aliphatic heterocycles. The quantitative estimate of drug-likeness (QED) is 0.910. The lowest BCUT2D eigenvalue weighted by atomic mass is 9.96. The molecule has 136 valence electrons. The molecule has 2 heterocycles. The summed E-state index contributed by atoms with van der Waals surface area (Å²) in [4.78, 5) is 26.3. The molecular weight excluding hydrogens is 320 g/mol. The summed E-state index contributed by atoms with van der Waals surface area (Å²) in [6.45, 7) is 5.77. The lowest BCUT2D eigenvalue weighted by Gasteiger charge is -2.26. The zero-order valence-electron chi connectivity index (χ0n) is 15.0. The van der Waals surface area contributed by atoms with Gasteiger partial charge in [0.25, 0.3) is 0 Å². The first-order valence-corrected chi connectivity index (χ1v) is 8.82. The molecule has 1 aromatic rings. The number of carbonyl (C=O) groups is 2. The van der Waals surface area contributed by atoms with Gasteiger partial charge >= 0.3 is 12.2 Å². The van der Waals surface area contributed by atoms with Gasteiger partial charge in [0.2, 0.25) is 0 Å². The van der Waals surface area contributed by atoms with E-state index in [2.05, 4.69) is 5.32 Å². The van der Waals surface area contributed by atoms with Crippen LogP contribution in [0.5, 0.6) is 0 Å². The van der Waals surface area contributed by atoms with Crippen molar-refractivity contribution in [3.8, 4) is 0 Å². The van der Waals surface area contributed by atoms with E-state index in [1.165, 1.54) is 0 Å². The topological polar surface area (TPSA) is 67.9 Å². The number of nitrogens with one attached hydrogen (secondary N) is 1. The Morgan fingerprint density at radius 2 is 1.92 bits per heavy atom. The molecule has 0 radical (unpaired) electrons. The Bertz CT molecular complexity index is 626. The normalized spacial score (nSPS) is 24.9. The minimum atomic E-state index is -0.532. The summed E-state index contributed by atoms with van der Waals surface area (Å²) in [6.07, 6.45) is 1.86. The van der Waals surface area contributed by atoms with Crippen molar-refractivity contribution in [2.24, 2.45) is 0 Å². The lowest BCUT2D eigenvalue weighted by Crippen LogP contribution is -2.46. The van der Waals surface area contributed by atoms with E-state index in [-0.39, 0.29) is 30.8 Å². The van der Waals surface area contributed by atoms with Crippen molar-refractivity contribution < 1.29 is 19.1 Å². The maximum atomic E-state index is 12.5. The Morgan fingerprint density at radius 3 is 2.60 bits per heavy atom. The number of alkyl carbamates (subject to hydrolysis) is 1. The summed E-state index contributed by atoms with van der Waals surface area (Å²) < 4.78 is 10.8. The average molecular weight is 346 g/mol. The summed E-state index contributed by atoms with van der Waals surface area (Å²) in [7, 11) is 0. The molecule has 1 aromatic carbocycles. The van der Waals surface area contributed by atoms with E-state index in [9.17, 15) is 9.59 Å². The first-order valence-electron chi connectivity index (χ1n) is 8.82. The molecule has 6 heteroatoms. The zero-order chi connectivity index (χ0) is 18.0. The first-order chi connectivity index (χ1) is 11.8. The van der Waals surface area contributed by atoms with Crippen LogP contribution >= 0.6 is 0 Å². The van der Waals surface area contributed by atoms with Crippen molar-refractivity contribution in [3.63, 3.8) is 0 Å². The van der Waals surface area contributed by atoms with Gasteiger partial charge < -0.3 is 19.7 Å². The number of rotatable bonds is 3. The minimum Gasteiger partial charge on any atom is -0.445 e. The minimum absolute atomic E-state index is 0.0132. The van der Waals surface area contributed by atoms with Gasteiger partial charge in [0, 0.05) is 6.04 Å². The van der Waals surface area contributed by atoms with E-state index in [0.29, 0.717) is 0 Å². The predicted molar refractivity (Wildman–Crippen MR) is 93.1 cm³/mol. The van der Waals surface area contributed by atoms with Gasteiger partial charge in [0.15, 0.2) is 0 Å². The van der Waals surface area contributed by atoms with Crippen molar-refractivity contribution in [1.82, 2.24) is 10.2 Å². The highest BCUT2D eigenvalue weighted by molar-refractivity contribution is 5.71. The van der Waals surface area contributed by atoms with Crippen molar-refractivity contribution in [1.29, 1.82) is 0 Å². The van der Waals surface area contributed by atoms with Crippen molar-refractivity contribution >= 4 is 12.2 Å². The van der Waals surface area contributed by atoms with Crippen LogP contribution in [-0.2, 0) is 16.1 Å². The van der Waals surface area contributed by atoms with Gasteiger partial charge in [-0.1, -0.05) is 30.3 Å². The second-order valence-corrected chi connectivity index (χ2v) is 7.73. The fraction of sp³-hybridized carbons (Fsp3) is 0.579. The van der Waals surface area contributed by atoms with Crippen LogP contribution in [0, 0.1) is 0 Å². The maximum Gasteiger partial charge on any atom is 0.410 e. The SMILES string of the molecule is CC(C)(C)OC(=O)N[C@H]1C[C@H]2CC[C@@H]1N2C(=O)OCc1ccccc1. The molecule has 2 fully saturated rings. The second kappa shape index (κ2) is 6.94. The van der Waals surface area contributed by atoms with E-state index >= 15 is 0 Å². The third kappa shape index (κ3) is 4.24. The van der Waals surface area contributed by atoms with E-state index in [1.54, 1.807) is 4.90 Å². The molecule has 3 atom stereocenters. The standard InChI is InChI=1S/C19H26N2O4/c1-19(2,3)25-17(22)20-15-11-14-9-10-16(15)21(14)18(23)24-12-13-7-5-4-6-8-13/h4-8,14-16H,9-12H2,1-3H3,(H,20,22)/t14-,15+,16+/m1/s1. The van der Waals surface area contributed by atoms with Crippen LogP contribution in [0.3, 0.4) is 0 Å². The Hall–Kier alpha value is -2.24. The van der Waals surface area contributed by atoms with E-state index in [0.717, 1.165) is 24.8 Å². The number of amides is 2. The van der Waals surface area contributed by atoms with E-state index in [4.69, 9.17) is 9.47 Å². The Morgan fingerprint density at radius 1 is 1.20 bits per heavy atom. The Labute approximate surface area is 148 Å². The monoisotopic (exact) mass is 346 g/mol. The maximum absolute atomic E-state index is 12.5. The molecule has 0 aromatic heterocycles. The van der Waals surface area contributed by atoms with Crippen molar-refractivity contribution in [2.75, 3.05) is 0 Å². The van der Waals surface area contributed by atoms with Crippen molar-refractivity contribution in [2.45, 2.75) is 70.4 Å². The van der Waals surface area contributed by atoms with Crippen LogP contribution in [0.2, 0.25) is 0 Å². The molecule has 0 spiro atoms. The molecule has 1 N–H and O–H groups in total. The highest BCUT2D eigenvalue weighted by Crippen LogP contribution is 2.38. The second-order valence-electron chi connectivity index (χ2n) is 7.73. The molecular formula is C19H26N2O4. The smallest absolute Gasteiger partial charge is 0.410 e. The van der Waals surface area contributed by atoms with Crippen molar-refractivity contribution in [3.05, 3.63) is 35.9 Å². The zero-order valence-corrected chi connectivity index (χ0v) is 15.0. The fourth-order valence-corrected chi connectivity index (χ4v) is 3.68. The largest absolute Gasteiger partial charge is 0.445 e. The van der Waals surface area contributed by atoms with Gasteiger partial charge in [0.05, 0.1) is 12.1 Å². The van der Waals surface area contributed by atoms with Crippen LogP contribution in [0.4, 0.5) is 9.59 Å². The fourth-order valence-electron chi connectivity index (χ4n) is 3.68. The third-order valence-corrected chi connectivity index (χ3v) is 4.65. The van der Waals surface area contributed by atoms with Gasteiger partial charge in [-0.15, -0.1) is 0 Å². The number of carbonyl (C=O) groups excluding carboxylic acids is 2. The number of fused-ring (bicyclic) bond motifs is 2. The van der Waals surface area contributed by atoms with Crippen LogP contribution in [0.1, 0.15) is 45.6 Å². The third-order valence-electron chi connectivity index (χ3n) is 4.65. The summed E-state index contributed by atoms with van der Waals surface area (Å²) in [5.41, 5.74) is 0.432. The number of hydrogen-bond donors (Lipinski definition) is 1.